The third kappa shape index (κ3) is 2.73. The smallest absolute Gasteiger partial charge is 0.212 e. The molecule has 13 heavy (non-hydrogen) atoms. The molecular weight excluding hydrogens is 159 g/mol. The Morgan fingerprint density at radius 2 is 1.92 bits per heavy atom. The van der Waals surface area contributed by atoms with Gasteiger partial charge < -0.3 is 4.79 Å². The lowest BCUT2D eigenvalue weighted by molar-refractivity contribution is 0.107. The molecule has 0 fully saturated rings. The fourth-order valence-corrected chi connectivity index (χ4v) is 1.24. The number of hydrogen-bond acceptors (Lipinski definition) is 1. The fourth-order valence-electron chi connectivity index (χ4n) is 1.24. The minimum Gasteiger partial charge on any atom is -0.307 e. The molecule has 1 rings (SSSR count). The maximum atomic E-state index is 11.6. The maximum absolute atomic E-state index is 11.6. The molecule has 1 aromatic carbocycles. The van der Waals surface area contributed by atoms with Crippen LogP contribution in [0, 0.1) is 6.92 Å². The van der Waals surface area contributed by atoms with E-state index in [1.165, 1.54) is 0 Å². The zero-order valence-electron chi connectivity index (χ0n) is 8.37. The first kappa shape index (κ1) is 10.0. The highest BCUT2D eigenvalue weighted by Gasteiger charge is 2.11. The van der Waals surface area contributed by atoms with Crippen molar-refractivity contribution in [1.29, 1.82) is 0 Å². The van der Waals surface area contributed by atoms with E-state index < -0.39 is 0 Å². The summed E-state index contributed by atoms with van der Waals surface area (Å²) in [6.45, 7) is 5.98. The Labute approximate surface area is 80.4 Å². The molecule has 0 aliphatic heterocycles. The van der Waals surface area contributed by atoms with Crippen molar-refractivity contribution in [3.63, 3.8) is 0 Å². The summed E-state index contributed by atoms with van der Waals surface area (Å²) in [4.78, 5) is 11.6. The quantitative estimate of drug-likeness (QED) is 0.642. The van der Waals surface area contributed by atoms with Crippen LogP contribution in [0.4, 0.5) is 0 Å². The Bertz CT molecular complexity index is 305. The summed E-state index contributed by atoms with van der Waals surface area (Å²) in [5.41, 5.74) is 1.99. The Kier molecular flexibility index (Phi) is 3.29. The zero-order valence-corrected chi connectivity index (χ0v) is 8.37. The summed E-state index contributed by atoms with van der Waals surface area (Å²) < 4.78 is 0. The van der Waals surface area contributed by atoms with Crippen LogP contribution in [0.25, 0.3) is 0 Å². The molecule has 0 aliphatic rings. The first-order chi connectivity index (χ1) is 6.11. The second-order valence-corrected chi connectivity index (χ2v) is 3.59. The molecule has 0 bridgehead atoms. The normalized spacial score (nSPS) is 10.2. The summed E-state index contributed by atoms with van der Waals surface area (Å²) in [5, 5.41) is 0. The highest BCUT2D eigenvalue weighted by Crippen LogP contribution is 2.10. The van der Waals surface area contributed by atoms with E-state index in [1.54, 1.807) is 7.28 Å². The van der Waals surface area contributed by atoms with Crippen LogP contribution in [-0.4, -0.2) is 13.0 Å². The lowest BCUT2D eigenvalue weighted by Gasteiger charge is -2.04. The predicted molar refractivity (Wildman–Crippen MR) is 56.4 cm³/mol. The van der Waals surface area contributed by atoms with Gasteiger partial charge in [-0.2, -0.15) is 0 Å². The predicted octanol–water partition coefficient (Wildman–Crippen LogP) is 2.67. The van der Waals surface area contributed by atoms with E-state index in [1.807, 2.05) is 45.0 Å². The van der Waals surface area contributed by atoms with Gasteiger partial charge in [0.05, 0.1) is 0 Å². The van der Waals surface area contributed by atoms with Gasteiger partial charge in [-0.1, -0.05) is 43.9 Å². The van der Waals surface area contributed by atoms with E-state index in [-0.39, 0.29) is 5.68 Å². The zero-order chi connectivity index (χ0) is 9.84. The number of rotatable bonds is 3. The van der Waals surface area contributed by atoms with Crippen molar-refractivity contribution in [2.75, 3.05) is 0 Å². The molecule has 2 heteroatoms. The van der Waals surface area contributed by atoms with Crippen molar-refractivity contribution in [3.05, 3.63) is 35.4 Å². The molecule has 0 saturated carbocycles. The molecule has 0 unspecified atom stereocenters. The lowest BCUT2D eigenvalue weighted by Crippen LogP contribution is -2.13. The van der Waals surface area contributed by atoms with Crippen LogP contribution in [0.1, 0.15) is 29.8 Å². The summed E-state index contributed by atoms with van der Waals surface area (Å²) in [5.74, 6) is 0.312. The molecule has 0 saturated heterocycles. The second kappa shape index (κ2) is 4.26. The Morgan fingerprint density at radius 1 is 1.31 bits per heavy atom. The lowest BCUT2D eigenvalue weighted by atomic mass is 9.60. The van der Waals surface area contributed by atoms with Crippen molar-refractivity contribution in [1.82, 2.24) is 0 Å². The van der Waals surface area contributed by atoms with Crippen LogP contribution < -0.4 is 0 Å². The van der Waals surface area contributed by atoms with Gasteiger partial charge in [-0.15, -0.1) is 0 Å². The average Bonchev–Trinajstić information content (AvgIpc) is 2.03. The maximum Gasteiger partial charge on any atom is 0.212 e. The molecule has 0 aliphatic carbocycles. The van der Waals surface area contributed by atoms with Gasteiger partial charge in [0.25, 0.3) is 0 Å². The van der Waals surface area contributed by atoms with Gasteiger partial charge in [0, 0.05) is 5.56 Å². The SMILES string of the molecule is Cc1ccccc1C(=O)[B]C(C)C. The Balaban J connectivity index is 2.83. The highest BCUT2D eigenvalue weighted by atomic mass is 16.1. The molecular formula is C11H14BO. The molecule has 0 atom stereocenters. The van der Waals surface area contributed by atoms with Crippen LogP contribution in [0.5, 0.6) is 0 Å². The van der Waals surface area contributed by atoms with E-state index in [9.17, 15) is 4.79 Å². The Morgan fingerprint density at radius 3 is 2.46 bits per heavy atom. The van der Waals surface area contributed by atoms with Crippen molar-refractivity contribution in [2.45, 2.75) is 26.6 Å². The number of benzene rings is 1. The molecule has 0 spiro atoms. The van der Waals surface area contributed by atoms with Gasteiger partial charge in [0.2, 0.25) is 7.28 Å². The van der Waals surface area contributed by atoms with E-state index in [2.05, 4.69) is 0 Å². The minimum absolute atomic E-state index is 0.133. The van der Waals surface area contributed by atoms with Gasteiger partial charge >= 0.3 is 0 Å². The second-order valence-electron chi connectivity index (χ2n) is 3.59. The summed E-state index contributed by atoms with van der Waals surface area (Å²) >= 11 is 0. The standard InChI is InChI=1S/C11H14BO/c1-8(2)12-11(13)10-7-5-4-6-9(10)3/h4-8H,1-3H3. The van der Waals surface area contributed by atoms with Crippen molar-refractivity contribution >= 4 is 13.0 Å². The van der Waals surface area contributed by atoms with Gasteiger partial charge in [0.15, 0.2) is 0 Å². The monoisotopic (exact) mass is 173 g/mol. The molecule has 0 N–H and O–H groups in total. The van der Waals surface area contributed by atoms with E-state index in [4.69, 9.17) is 0 Å². The number of aryl methyl sites for hydroxylation is 1. The van der Waals surface area contributed by atoms with Crippen molar-refractivity contribution in [3.8, 4) is 0 Å². The van der Waals surface area contributed by atoms with Gasteiger partial charge in [0.1, 0.15) is 5.68 Å². The van der Waals surface area contributed by atoms with Gasteiger partial charge in [-0.3, -0.25) is 0 Å². The van der Waals surface area contributed by atoms with Gasteiger partial charge in [-0.25, -0.2) is 0 Å². The van der Waals surface area contributed by atoms with Crippen LogP contribution in [-0.2, 0) is 0 Å². The molecule has 0 heterocycles. The summed E-state index contributed by atoms with van der Waals surface area (Å²) in [6, 6.07) is 7.67. The van der Waals surface area contributed by atoms with E-state index in [0.29, 0.717) is 5.82 Å². The topological polar surface area (TPSA) is 17.1 Å². The average molecular weight is 173 g/mol. The van der Waals surface area contributed by atoms with Crippen molar-refractivity contribution in [2.24, 2.45) is 0 Å². The minimum atomic E-state index is 0.133. The van der Waals surface area contributed by atoms with Crippen molar-refractivity contribution < 1.29 is 4.79 Å². The third-order valence-electron chi connectivity index (χ3n) is 1.90. The first-order valence-electron chi connectivity index (χ1n) is 4.56. The molecule has 1 radical (unpaired) electrons. The van der Waals surface area contributed by atoms with Gasteiger partial charge in [-0.05, 0) is 12.5 Å². The number of hydrogen-bond donors (Lipinski definition) is 0. The summed E-state index contributed by atoms with van der Waals surface area (Å²) in [6.07, 6.45) is 0. The molecule has 0 amide bonds. The highest BCUT2D eigenvalue weighted by molar-refractivity contribution is 6.78. The first-order valence-corrected chi connectivity index (χ1v) is 4.56. The van der Waals surface area contributed by atoms with Crippen LogP contribution >= 0.6 is 0 Å². The number of carbonyl (C=O) groups excluding carboxylic acids is 1. The van der Waals surface area contributed by atoms with Crippen LogP contribution in [0.2, 0.25) is 5.82 Å². The largest absolute Gasteiger partial charge is 0.307 e. The Hall–Kier alpha value is -1.05. The molecule has 0 aromatic heterocycles. The fraction of sp³-hybridized carbons (Fsp3) is 0.364. The van der Waals surface area contributed by atoms with Crippen LogP contribution in [0.15, 0.2) is 24.3 Å². The number of carbonyl (C=O) groups is 1. The summed E-state index contributed by atoms with van der Waals surface area (Å²) in [7, 11) is 1.75. The molecule has 1 aromatic rings. The third-order valence-corrected chi connectivity index (χ3v) is 1.90. The van der Waals surface area contributed by atoms with E-state index in [0.717, 1.165) is 11.1 Å². The van der Waals surface area contributed by atoms with E-state index >= 15 is 0 Å². The van der Waals surface area contributed by atoms with Crippen LogP contribution in [0.3, 0.4) is 0 Å². The molecule has 67 valence electrons. The molecule has 1 nitrogen and oxygen atoms in total.